The fourth-order valence-corrected chi connectivity index (χ4v) is 1.41. The Bertz CT molecular complexity index is 318. The van der Waals surface area contributed by atoms with Crippen LogP contribution in [-0.4, -0.2) is 16.5 Å². The molecule has 76 valence electrons. The predicted molar refractivity (Wildman–Crippen MR) is 57.3 cm³/mol. The molecule has 1 aromatic heterocycles. The Labute approximate surface area is 85.0 Å². The first-order chi connectivity index (χ1) is 6.75. The molecule has 0 saturated heterocycles. The van der Waals surface area contributed by atoms with Crippen LogP contribution in [0.5, 0.6) is 0 Å². The molecule has 3 heteroatoms. The second-order valence-corrected chi connectivity index (χ2v) is 4.12. The standard InChI is InChI=1S/C11H17N3/c1-8-7-13-11(14-9(8)2)12-6-5-10-3-4-10/h7,10H,3-6H2,1-2H3,(H,12,13,14). The van der Waals surface area contributed by atoms with Crippen molar-refractivity contribution in [3.05, 3.63) is 17.5 Å². The van der Waals surface area contributed by atoms with E-state index < -0.39 is 0 Å². The van der Waals surface area contributed by atoms with Crippen molar-refractivity contribution in [1.82, 2.24) is 9.97 Å². The van der Waals surface area contributed by atoms with Crippen LogP contribution in [0.25, 0.3) is 0 Å². The Hall–Kier alpha value is -1.12. The first kappa shape index (κ1) is 9.44. The summed E-state index contributed by atoms with van der Waals surface area (Å²) in [5.41, 5.74) is 2.21. The predicted octanol–water partition coefficient (Wildman–Crippen LogP) is 2.31. The van der Waals surface area contributed by atoms with Crippen molar-refractivity contribution >= 4 is 5.95 Å². The summed E-state index contributed by atoms with van der Waals surface area (Å²) >= 11 is 0. The van der Waals surface area contributed by atoms with E-state index in [1.165, 1.54) is 19.3 Å². The molecule has 14 heavy (non-hydrogen) atoms. The van der Waals surface area contributed by atoms with Gasteiger partial charge in [0.25, 0.3) is 0 Å². The molecule has 0 atom stereocenters. The molecule has 0 bridgehead atoms. The highest BCUT2D eigenvalue weighted by molar-refractivity contribution is 5.28. The van der Waals surface area contributed by atoms with E-state index in [0.29, 0.717) is 0 Å². The van der Waals surface area contributed by atoms with Gasteiger partial charge >= 0.3 is 0 Å². The molecule has 1 aliphatic carbocycles. The van der Waals surface area contributed by atoms with E-state index in [2.05, 4.69) is 15.3 Å². The number of anilines is 1. The van der Waals surface area contributed by atoms with Gasteiger partial charge in [0.15, 0.2) is 0 Å². The Kier molecular flexibility index (Phi) is 2.66. The number of hydrogen-bond acceptors (Lipinski definition) is 3. The van der Waals surface area contributed by atoms with E-state index in [-0.39, 0.29) is 0 Å². The van der Waals surface area contributed by atoms with Crippen molar-refractivity contribution < 1.29 is 0 Å². The van der Waals surface area contributed by atoms with Crippen LogP contribution in [0.1, 0.15) is 30.5 Å². The average Bonchev–Trinajstić information content (AvgIpc) is 2.95. The molecule has 1 fully saturated rings. The topological polar surface area (TPSA) is 37.8 Å². The Morgan fingerprint density at radius 2 is 2.21 bits per heavy atom. The molecule has 0 spiro atoms. The van der Waals surface area contributed by atoms with Gasteiger partial charge in [0, 0.05) is 18.4 Å². The Morgan fingerprint density at radius 3 is 2.86 bits per heavy atom. The minimum Gasteiger partial charge on any atom is -0.354 e. The van der Waals surface area contributed by atoms with Gasteiger partial charge in [0.2, 0.25) is 5.95 Å². The SMILES string of the molecule is Cc1cnc(NCCC2CC2)nc1C. The van der Waals surface area contributed by atoms with Gasteiger partial charge in [-0.05, 0) is 31.7 Å². The zero-order chi connectivity index (χ0) is 9.97. The van der Waals surface area contributed by atoms with E-state index in [1.807, 2.05) is 20.0 Å². The molecule has 0 aliphatic heterocycles. The number of nitrogens with one attached hydrogen (secondary N) is 1. The van der Waals surface area contributed by atoms with E-state index in [1.54, 1.807) is 0 Å². The highest BCUT2D eigenvalue weighted by Gasteiger charge is 2.20. The van der Waals surface area contributed by atoms with Crippen molar-refractivity contribution in [2.75, 3.05) is 11.9 Å². The summed E-state index contributed by atoms with van der Waals surface area (Å²) in [6, 6.07) is 0. The summed E-state index contributed by atoms with van der Waals surface area (Å²) in [5.74, 6) is 1.74. The summed E-state index contributed by atoms with van der Waals surface area (Å²) in [6.07, 6.45) is 5.96. The number of aryl methyl sites for hydroxylation is 2. The zero-order valence-electron chi connectivity index (χ0n) is 8.88. The van der Waals surface area contributed by atoms with Crippen LogP contribution in [0, 0.1) is 19.8 Å². The third kappa shape index (κ3) is 2.44. The number of aromatic nitrogens is 2. The van der Waals surface area contributed by atoms with Crippen molar-refractivity contribution in [1.29, 1.82) is 0 Å². The minimum atomic E-state index is 0.772. The molecule has 0 aromatic carbocycles. The number of hydrogen-bond donors (Lipinski definition) is 1. The van der Waals surface area contributed by atoms with Crippen molar-refractivity contribution in [2.24, 2.45) is 5.92 Å². The largest absolute Gasteiger partial charge is 0.354 e. The summed E-state index contributed by atoms with van der Waals surface area (Å²) in [7, 11) is 0. The maximum Gasteiger partial charge on any atom is 0.222 e. The molecule has 1 N–H and O–H groups in total. The van der Waals surface area contributed by atoms with Crippen LogP contribution >= 0.6 is 0 Å². The Balaban J connectivity index is 1.85. The van der Waals surface area contributed by atoms with Gasteiger partial charge in [0.05, 0.1) is 0 Å². The van der Waals surface area contributed by atoms with Gasteiger partial charge in [-0.15, -0.1) is 0 Å². The molecule has 2 rings (SSSR count). The van der Waals surface area contributed by atoms with Crippen molar-refractivity contribution in [3.63, 3.8) is 0 Å². The van der Waals surface area contributed by atoms with E-state index in [9.17, 15) is 0 Å². The van der Waals surface area contributed by atoms with E-state index in [0.717, 1.165) is 29.7 Å². The van der Waals surface area contributed by atoms with Crippen LogP contribution < -0.4 is 5.32 Å². The minimum absolute atomic E-state index is 0.772. The summed E-state index contributed by atoms with van der Waals surface area (Å²) in [5, 5.41) is 3.26. The molecule has 0 amide bonds. The summed E-state index contributed by atoms with van der Waals surface area (Å²) in [4.78, 5) is 8.60. The first-order valence-electron chi connectivity index (χ1n) is 5.30. The normalized spacial score (nSPS) is 15.6. The number of rotatable bonds is 4. The van der Waals surface area contributed by atoms with Crippen molar-refractivity contribution in [3.8, 4) is 0 Å². The first-order valence-corrected chi connectivity index (χ1v) is 5.30. The lowest BCUT2D eigenvalue weighted by Gasteiger charge is -2.05. The van der Waals surface area contributed by atoms with Crippen LogP contribution in [0.3, 0.4) is 0 Å². The van der Waals surface area contributed by atoms with Gasteiger partial charge in [-0.1, -0.05) is 12.8 Å². The summed E-state index contributed by atoms with van der Waals surface area (Å²) in [6.45, 7) is 5.06. The van der Waals surface area contributed by atoms with Gasteiger partial charge in [-0.2, -0.15) is 0 Å². The lowest BCUT2D eigenvalue weighted by Crippen LogP contribution is -2.07. The van der Waals surface area contributed by atoms with Crippen LogP contribution in [-0.2, 0) is 0 Å². The molecule has 0 radical (unpaired) electrons. The fraction of sp³-hybridized carbons (Fsp3) is 0.636. The Morgan fingerprint density at radius 1 is 1.43 bits per heavy atom. The van der Waals surface area contributed by atoms with E-state index in [4.69, 9.17) is 0 Å². The second-order valence-electron chi connectivity index (χ2n) is 4.12. The fourth-order valence-electron chi connectivity index (χ4n) is 1.41. The molecule has 1 aromatic rings. The zero-order valence-corrected chi connectivity index (χ0v) is 8.88. The maximum atomic E-state index is 4.37. The van der Waals surface area contributed by atoms with E-state index >= 15 is 0 Å². The second kappa shape index (κ2) is 3.95. The molecular weight excluding hydrogens is 174 g/mol. The van der Waals surface area contributed by atoms with Crippen LogP contribution in [0.4, 0.5) is 5.95 Å². The highest BCUT2D eigenvalue weighted by Crippen LogP contribution is 2.31. The lowest BCUT2D eigenvalue weighted by atomic mass is 10.3. The molecule has 1 heterocycles. The molecular formula is C11H17N3. The quantitative estimate of drug-likeness (QED) is 0.793. The molecule has 3 nitrogen and oxygen atoms in total. The third-order valence-corrected chi connectivity index (χ3v) is 2.76. The molecule has 0 unspecified atom stereocenters. The molecule has 1 aliphatic rings. The summed E-state index contributed by atoms with van der Waals surface area (Å²) < 4.78 is 0. The van der Waals surface area contributed by atoms with Crippen LogP contribution in [0.2, 0.25) is 0 Å². The molecule has 1 saturated carbocycles. The smallest absolute Gasteiger partial charge is 0.222 e. The van der Waals surface area contributed by atoms with Gasteiger partial charge in [-0.3, -0.25) is 0 Å². The van der Waals surface area contributed by atoms with Gasteiger partial charge in [0.1, 0.15) is 0 Å². The lowest BCUT2D eigenvalue weighted by molar-refractivity contribution is 0.755. The number of nitrogens with zero attached hydrogens (tertiary/aromatic N) is 2. The van der Waals surface area contributed by atoms with Gasteiger partial charge < -0.3 is 5.32 Å². The van der Waals surface area contributed by atoms with Crippen molar-refractivity contribution in [2.45, 2.75) is 33.1 Å². The average molecular weight is 191 g/mol. The monoisotopic (exact) mass is 191 g/mol. The third-order valence-electron chi connectivity index (χ3n) is 2.76. The highest BCUT2D eigenvalue weighted by atomic mass is 15.1. The van der Waals surface area contributed by atoms with Gasteiger partial charge in [-0.25, -0.2) is 9.97 Å². The maximum absolute atomic E-state index is 4.37. The van der Waals surface area contributed by atoms with Crippen LogP contribution in [0.15, 0.2) is 6.20 Å².